The smallest absolute Gasteiger partial charge is 0.118 e. The molecule has 0 aliphatic heterocycles. The van der Waals surface area contributed by atoms with E-state index in [1.807, 2.05) is 29.8 Å². The van der Waals surface area contributed by atoms with Gasteiger partial charge in [-0.2, -0.15) is 5.10 Å². The predicted octanol–water partition coefficient (Wildman–Crippen LogP) is 1.55. The average molecular weight is 213 g/mol. The third-order valence-corrected chi connectivity index (χ3v) is 2.65. The normalized spacial score (nSPS) is 11.1. The number of fused-ring (bicyclic) bond motifs is 1. The molecular weight excluding hydrogens is 202 g/mol. The van der Waals surface area contributed by atoms with Crippen molar-refractivity contribution in [1.29, 1.82) is 0 Å². The van der Waals surface area contributed by atoms with Gasteiger partial charge in [-0.15, -0.1) is 0 Å². The van der Waals surface area contributed by atoms with E-state index in [-0.39, 0.29) is 0 Å². The van der Waals surface area contributed by atoms with Crippen LogP contribution in [0, 0.1) is 0 Å². The topological polar surface area (TPSA) is 72.5 Å². The Hall–Kier alpha value is -2.30. The lowest BCUT2D eigenvalue weighted by atomic mass is 10.1. The third-order valence-electron chi connectivity index (χ3n) is 2.65. The Morgan fingerprint density at radius 2 is 2.25 bits per heavy atom. The van der Waals surface area contributed by atoms with Gasteiger partial charge in [0.25, 0.3) is 0 Å². The summed E-state index contributed by atoms with van der Waals surface area (Å²) in [4.78, 5) is 4.08. The lowest BCUT2D eigenvalue weighted by Gasteiger charge is -1.99. The van der Waals surface area contributed by atoms with Crippen molar-refractivity contribution < 1.29 is 0 Å². The first-order valence-corrected chi connectivity index (χ1v) is 4.96. The Kier molecular flexibility index (Phi) is 1.73. The van der Waals surface area contributed by atoms with Gasteiger partial charge in [-0.1, -0.05) is 0 Å². The molecule has 5 heteroatoms. The van der Waals surface area contributed by atoms with E-state index >= 15 is 0 Å². The van der Waals surface area contributed by atoms with Crippen molar-refractivity contribution in [2.24, 2.45) is 7.05 Å². The van der Waals surface area contributed by atoms with Gasteiger partial charge in [0.05, 0.1) is 23.7 Å². The maximum atomic E-state index is 5.78. The first-order valence-electron chi connectivity index (χ1n) is 4.96. The molecule has 3 N–H and O–H groups in total. The summed E-state index contributed by atoms with van der Waals surface area (Å²) in [6.45, 7) is 0. The van der Waals surface area contributed by atoms with Crippen LogP contribution in [0.15, 0.2) is 30.7 Å². The largest absolute Gasteiger partial charge is 0.399 e. The van der Waals surface area contributed by atoms with Crippen LogP contribution in [0.4, 0.5) is 5.69 Å². The average Bonchev–Trinajstić information content (AvgIpc) is 2.83. The van der Waals surface area contributed by atoms with Crippen LogP contribution in [-0.4, -0.2) is 19.7 Å². The zero-order valence-corrected chi connectivity index (χ0v) is 8.81. The van der Waals surface area contributed by atoms with Crippen LogP contribution in [0.5, 0.6) is 0 Å². The summed E-state index contributed by atoms with van der Waals surface area (Å²) in [5, 5.41) is 8.30. The van der Waals surface area contributed by atoms with Crippen LogP contribution >= 0.6 is 0 Å². The van der Waals surface area contributed by atoms with Crippen LogP contribution in [0.3, 0.4) is 0 Å². The third kappa shape index (κ3) is 1.18. The highest BCUT2D eigenvalue weighted by atomic mass is 15.1. The molecule has 3 rings (SSSR count). The molecule has 0 amide bonds. The van der Waals surface area contributed by atoms with Crippen molar-refractivity contribution in [2.45, 2.75) is 0 Å². The van der Waals surface area contributed by atoms with Gasteiger partial charge in [-0.05, 0) is 18.2 Å². The van der Waals surface area contributed by atoms with Crippen molar-refractivity contribution in [1.82, 2.24) is 19.7 Å². The number of nitrogens with two attached hydrogens (primary N) is 1. The molecular formula is C11H11N5. The van der Waals surface area contributed by atoms with E-state index in [4.69, 9.17) is 5.73 Å². The van der Waals surface area contributed by atoms with Crippen LogP contribution in [0.1, 0.15) is 0 Å². The first kappa shape index (κ1) is 8.96. The number of hydrogen-bond donors (Lipinski definition) is 2. The molecule has 0 aliphatic rings. The van der Waals surface area contributed by atoms with Gasteiger partial charge in [0.1, 0.15) is 5.69 Å². The van der Waals surface area contributed by atoms with E-state index in [1.165, 1.54) is 0 Å². The number of imidazole rings is 1. The number of anilines is 1. The quantitative estimate of drug-likeness (QED) is 0.602. The van der Waals surface area contributed by atoms with Gasteiger partial charge in [-0.3, -0.25) is 5.10 Å². The fraction of sp³-hybridized carbons (Fsp3) is 0.0909. The van der Waals surface area contributed by atoms with E-state index in [2.05, 4.69) is 15.2 Å². The molecule has 0 atom stereocenters. The molecule has 0 unspecified atom stereocenters. The summed E-state index contributed by atoms with van der Waals surface area (Å²) in [5.41, 5.74) is 9.34. The van der Waals surface area contributed by atoms with Gasteiger partial charge in [0, 0.05) is 18.1 Å². The molecule has 0 saturated heterocycles. The fourth-order valence-corrected chi connectivity index (χ4v) is 1.81. The minimum atomic E-state index is 0.734. The highest BCUT2D eigenvalue weighted by Gasteiger charge is 2.10. The monoisotopic (exact) mass is 213 g/mol. The van der Waals surface area contributed by atoms with E-state index in [0.29, 0.717) is 0 Å². The number of nitrogens with one attached hydrogen (secondary N) is 1. The van der Waals surface area contributed by atoms with Gasteiger partial charge < -0.3 is 10.3 Å². The standard InChI is InChI=1S/C11H11N5/c1-16-6-13-5-10(16)11-8-4-7(12)2-3-9(8)14-15-11/h2-6H,12H2,1H3,(H,14,15). The Labute approximate surface area is 91.9 Å². The van der Waals surface area contributed by atoms with Crippen LogP contribution in [-0.2, 0) is 7.05 Å². The first-order chi connectivity index (χ1) is 7.75. The number of benzene rings is 1. The van der Waals surface area contributed by atoms with E-state index < -0.39 is 0 Å². The summed E-state index contributed by atoms with van der Waals surface area (Å²) < 4.78 is 1.93. The Morgan fingerprint density at radius 3 is 3.00 bits per heavy atom. The highest BCUT2D eigenvalue weighted by molar-refractivity contribution is 5.93. The molecule has 5 nitrogen and oxygen atoms in total. The second kappa shape index (κ2) is 3.10. The SMILES string of the molecule is Cn1cncc1-c1n[nH]c2ccc(N)cc12. The summed E-state index contributed by atoms with van der Waals surface area (Å²) in [6.07, 6.45) is 3.54. The zero-order chi connectivity index (χ0) is 11.1. The van der Waals surface area contributed by atoms with Gasteiger partial charge >= 0.3 is 0 Å². The van der Waals surface area contributed by atoms with Gasteiger partial charge in [-0.25, -0.2) is 4.98 Å². The maximum Gasteiger partial charge on any atom is 0.118 e. The van der Waals surface area contributed by atoms with Crippen molar-refractivity contribution in [3.8, 4) is 11.4 Å². The van der Waals surface area contributed by atoms with Gasteiger partial charge in [0.2, 0.25) is 0 Å². The van der Waals surface area contributed by atoms with Crippen molar-refractivity contribution in [3.05, 3.63) is 30.7 Å². The van der Waals surface area contributed by atoms with Gasteiger partial charge in [0.15, 0.2) is 0 Å². The highest BCUT2D eigenvalue weighted by Crippen LogP contribution is 2.26. The molecule has 2 aromatic heterocycles. The molecule has 0 spiro atoms. The number of aromatic amines is 1. The van der Waals surface area contributed by atoms with Crippen molar-refractivity contribution in [2.75, 3.05) is 5.73 Å². The lowest BCUT2D eigenvalue weighted by molar-refractivity contribution is 0.914. The lowest BCUT2D eigenvalue weighted by Crippen LogP contribution is -1.90. The molecule has 0 radical (unpaired) electrons. The fourth-order valence-electron chi connectivity index (χ4n) is 1.81. The number of nitrogen functional groups attached to an aromatic ring is 1. The number of aromatic nitrogens is 4. The summed E-state index contributed by atoms with van der Waals surface area (Å²) in [7, 11) is 1.94. The summed E-state index contributed by atoms with van der Waals surface area (Å²) in [6, 6.07) is 5.70. The molecule has 3 aromatic rings. The van der Waals surface area contributed by atoms with E-state index in [9.17, 15) is 0 Å². The van der Waals surface area contributed by atoms with Crippen molar-refractivity contribution in [3.63, 3.8) is 0 Å². The Morgan fingerprint density at radius 1 is 1.38 bits per heavy atom. The number of H-pyrrole nitrogens is 1. The van der Waals surface area contributed by atoms with Crippen molar-refractivity contribution >= 4 is 16.6 Å². The molecule has 0 fully saturated rings. The van der Waals surface area contributed by atoms with E-state index in [1.54, 1.807) is 12.5 Å². The second-order valence-corrected chi connectivity index (χ2v) is 3.77. The molecule has 2 heterocycles. The second-order valence-electron chi connectivity index (χ2n) is 3.77. The molecule has 0 bridgehead atoms. The number of aryl methyl sites for hydroxylation is 1. The minimum absolute atomic E-state index is 0.734. The predicted molar refractivity (Wildman–Crippen MR) is 62.7 cm³/mol. The van der Waals surface area contributed by atoms with Crippen LogP contribution in [0.25, 0.3) is 22.3 Å². The molecule has 16 heavy (non-hydrogen) atoms. The molecule has 1 aromatic carbocycles. The van der Waals surface area contributed by atoms with Crippen LogP contribution in [0.2, 0.25) is 0 Å². The summed E-state index contributed by atoms with van der Waals surface area (Å²) in [5.74, 6) is 0. The maximum absolute atomic E-state index is 5.78. The molecule has 80 valence electrons. The Bertz CT molecular complexity index is 649. The zero-order valence-electron chi connectivity index (χ0n) is 8.81. The molecule has 0 aliphatic carbocycles. The summed E-state index contributed by atoms with van der Waals surface area (Å²) >= 11 is 0. The number of nitrogens with zero attached hydrogens (tertiary/aromatic N) is 3. The number of hydrogen-bond acceptors (Lipinski definition) is 3. The number of rotatable bonds is 1. The van der Waals surface area contributed by atoms with Crippen LogP contribution < -0.4 is 5.73 Å². The minimum Gasteiger partial charge on any atom is -0.399 e. The molecule has 0 saturated carbocycles. The Balaban J connectivity index is 2.32. The van der Waals surface area contributed by atoms with E-state index in [0.717, 1.165) is 28.0 Å².